The van der Waals surface area contributed by atoms with Gasteiger partial charge in [-0.1, -0.05) is 75.2 Å². The first kappa shape index (κ1) is 19.2. The largest absolute Gasteiger partial charge is 0.138 e. The fraction of sp³-hybridized carbons (Fsp3) is 0.478. The van der Waals surface area contributed by atoms with Crippen LogP contribution in [-0.4, -0.2) is 6.16 Å². The van der Waals surface area contributed by atoms with E-state index in [4.69, 9.17) is 0 Å². The summed E-state index contributed by atoms with van der Waals surface area (Å²) in [7, 11) is 2.93. The Kier molecular flexibility index (Phi) is 8.54. The number of hydrogen-bond acceptors (Lipinski definition) is 0. The lowest BCUT2D eigenvalue weighted by Gasteiger charge is -2.23. The third-order valence-electron chi connectivity index (χ3n) is 4.92. The molecule has 2 rings (SSSR count). The van der Waals surface area contributed by atoms with Crippen molar-refractivity contribution in [2.75, 3.05) is 6.16 Å². The molecule has 0 aromatic heterocycles. The van der Waals surface area contributed by atoms with Gasteiger partial charge in [-0.2, -0.15) is 0 Å². The topological polar surface area (TPSA) is 0 Å². The van der Waals surface area contributed by atoms with Crippen molar-refractivity contribution < 1.29 is 0 Å². The van der Waals surface area contributed by atoms with Gasteiger partial charge in [0.25, 0.3) is 0 Å². The third kappa shape index (κ3) is 5.18. The van der Waals surface area contributed by atoms with Gasteiger partial charge in [-0.05, 0) is 60.5 Å². The average molecular weight is 340 g/mol. The molecule has 0 amide bonds. The van der Waals surface area contributed by atoms with E-state index in [1.165, 1.54) is 44.9 Å². The molecule has 0 fully saturated rings. The first-order valence-electron chi connectivity index (χ1n) is 9.67. The van der Waals surface area contributed by atoms with Gasteiger partial charge in [-0.3, -0.25) is 0 Å². The molecule has 0 N–H and O–H groups in total. The molecule has 130 valence electrons. The zero-order valence-corrected chi connectivity index (χ0v) is 16.6. The Hall–Kier alpha value is -1.13. The fourth-order valence-corrected chi connectivity index (χ4v) is 3.92. The molecule has 24 heavy (non-hydrogen) atoms. The minimum absolute atomic E-state index is 0.531. The summed E-state index contributed by atoms with van der Waals surface area (Å²) in [5.41, 5.74) is 6.20. The second kappa shape index (κ2) is 10.7. The van der Waals surface area contributed by atoms with Crippen LogP contribution in [0.5, 0.6) is 0 Å². The minimum atomic E-state index is 0.531. The Bertz CT molecular complexity index is 551. The molecule has 0 spiro atoms. The lowest BCUT2D eigenvalue weighted by molar-refractivity contribution is 0.723. The van der Waals surface area contributed by atoms with Crippen LogP contribution in [0.15, 0.2) is 48.5 Å². The van der Waals surface area contributed by atoms with Crippen LogP contribution in [-0.2, 0) is 12.8 Å². The highest BCUT2D eigenvalue weighted by Gasteiger charge is 2.19. The summed E-state index contributed by atoms with van der Waals surface area (Å²) in [6.45, 7) is 4.56. The van der Waals surface area contributed by atoms with Crippen molar-refractivity contribution in [2.45, 2.75) is 64.7 Å². The molecule has 0 bridgehead atoms. The average Bonchev–Trinajstić information content (AvgIpc) is 2.63. The molecule has 0 aliphatic heterocycles. The first-order valence-corrected chi connectivity index (χ1v) is 10.5. The molecule has 0 radical (unpaired) electrons. The Morgan fingerprint density at radius 3 is 1.62 bits per heavy atom. The summed E-state index contributed by atoms with van der Waals surface area (Å²) in [6.07, 6.45) is 9.84. The van der Waals surface area contributed by atoms with Crippen molar-refractivity contribution in [3.05, 3.63) is 70.8 Å². The molecular formula is C23H33P. The van der Waals surface area contributed by atoms with Crippen LogP contribution in [0.25, 0.3) is 0 Å². The monoisotopic (exact) mass is 340 g/mol. The van der Waals surface area contributed by atoms with Crippen LogP contribution >= 0.6 is 9.24 Å². The summed E-state index contributed by atoms with van der Waals surface area (Å²) in [5, 5.41) is 0. The second-order valence-electron chi connectivity index (χ2n) is 6.73. The number of benzene rings is 2. The standard InChI is InChI=1S/C23H33P/c1-3-5-11-19-13-7-9-15-21(19)23(17-18-24)22-16-10-8-14-20(22)12-6-4-2/h7-10,13-16,23H,3-6,11-12,17-18,24H2,1-2H3. The second-order valence-corrected chi connectivity index (χ2v) is 7.31. The van der Waals surface area contributed by atoms with E-state index in [1.54, 1.807) is 22.3 Å². The van der Waals surface area contributed by atoms with Gasteiger partial charge in [0.05, 0.1) is 0 Å². The minimum Gasteiger partial charge on any atom is -0.138 e. The molecule has 2 aromatic rings. The van der Waals surface area contributed by atoms with Crippen LogP contribution in [0.1, 0.15) is 74.1 Å². The van der Waals surface area contributed by atoms with E-state index < -0.39 is 0 Å². The highest BCUT2D eigenvalue weighted by molar-refractivity contribution is 7.16. The highest BCUT2D eigenvalue weighted by Crippen LogP contribution is 2.34. The van der Waals surface area contributed by atoms with Gasteiger partial charge in [0, 0.05) is 5.92 Å². The predicted molar refractivity (Wildman–Crippen MR) is 111 cm³/mol. The Labute approximate surface area is 151 Å². The first-order chi connectivity index (χ1) is 11.8. The van der Waals surface area contributed by atoms with Crippen molar-refractivity contribution in [3.63, 3.8) is 0 Å². The van der Waals surface area contributed by atoms with Crippen LogP contribution < -0.4 is 0 Å². The summed E-state index contributed by atoms with van der Waals surface area (Å²) >= 11 is 0. The summed E-state index contributed by atoms with van der Waals surface area (Å²) in [6, 6.07) is 18.3. The van der Waals surface area contributed by atoms with Crippen molar-refractivity contribution in [1.29, 1.82) is 0 Å². The van der Waals surface area contributed by atoms with Gasteiger partial charge in [-0.15, -0.1) is 9.24 Å². The van der Waals surface area contributed by atoms with E-state index in [9.17, 15) is 0 Å². The molecule has 1 atom stereocenters. The maximum atomic E-state index is 2.93. The number of unbranched alkanes of at least 4 members (excludes halogenated alkanes) is 2. The summed E-state index contributed by atoms with van der Waals surface area (Å²) < 4.78 is 0. The van der Waals surface area contributed by atoms with E-state index >= 15 is 0 Å². The van der Waals surface area contributed by atoms with Gasteiger partial charge >= 0.3 is 0 Å². The van der Waals surface area contributed by atoms with E-state index in [0.717, 1.165) is 6.16 Å². The van der Waals surface area contributed by atoms with Crippen molar-refractivity contribution in [1.82, 2.24) is 0 Å². The molecule has 0 heterocycles. The molecular weight excluding hydrogens is 307 g/mol. The maximum absolute atomic E-state index is 2.93. The maximum Gasteiger partial charge on any atom is 0.00979 e. The summed E-state index contributed by atoms with van der Waals surface area (Å²) in [4.78, 5) is 0. The molecule has 0 aliphatic carbocycles. The van der Waals surface area contributed by atoms with Crippen molar-refractivity contribution >= 4 is 9.24 Å². The Morgan fingerprint density at radius 1 is 0.750 bits per heavy atom. The normalized spacial score (nSPS) is 11.2. The molecule has 0 saturated heterocycles. The molecule has 0 saturated carbocycles. The lowest BCUT2D eigenvalue weighted by Crippen LogP contribution is -2.09. The zero-order chi connectivity index (χ0) is 17.2. The van der Waals surface area contributed by atoms with Crippen molar-refractivity contribution in [3.8, 4) is 0 Å². The molecule has 1 heteroatoms. The van der Waals surface area contributed by atoms with Crippen LogP contribution in [0.4, 0.5) is 0 Å². The van der Waals surface area contributed by atoms with E-state index in [1.807, 2.05) is 0 Å². The number of aryl methyl sites for hydroxylation is 2. The van der Waals surface area contributed by atoms with Gasteiger partial charge in [0.2, 0.25) is 0 Å². The quantitative estimate of drug-likeness (QED) is 0.419. The van der Waals surface area contributed by atoms with Gasteiger partial charge < -0.3 is 0 Å². The third-order valence-corrected chi connectivity index (χ3v) is 5.25. The summed E-state index contributed by atoms with van der Waals surface area (Å²) in [5.74, 6) is 0.531. The van der Waals surface area contributed by atoms with Gasteiger partial charge in [0.1, 0.15) is 0 Å². The smallest absolute Gasteiger partial charge is 0.00979 e. The Balaban J connectivity index is 2.40. The predicted octanol–water partition coefficient (Wildman–Crippen LogP) is 6.77. The van der Waals surface area contributed by atoms with Crippen molar-refractivity contribution in [2.24, 2.45) is 0 Å². The van der Waals surface area contributed by atoms with Crippen LogP contribution in [0.3, 0.4) is 0 Å². The van der Waals surface area contributed by atoms with Gasteiger partial charge in [-0.25, -0.2) is 0 Å². The molecule has 1 unspecified atom stereocenters. The van der Waals surface area contributed by atoms with Crippen LogP contribution in [0, 0.1) is 0 Å². The lowest BCUT2D eigenvalue weighted by atomic mass is 9.82. The van der Waals surface area contributed by atoms with Gasteiger partial charge in [0.15, 0.2) is 0 Å². The van der Waals surface area contributed by atoms with Crippen LogP contribution in [0.2, 0.25) is 0 Å². The van der Waals surface area contributed by atoms with E-state index in [-0.39, 0.29) is 0 Å². The number of hydrogen-bond donors (Lipinski definition) is 0. The number of rotatable bonds is 10. The van der Waals surface area contributed by atoms with E-state index in [2.05, 4.69) is 71.6 Å². The van der Waals surface area contributed by atoms with E-state index in [0.29, 0.717) is 5.92 Å². The molecule has 0 nitrogen and oxygen atoms in total. The molecule has 2 aromatic carbocycles. The zero-order valence-electron chi connectivity index (χ0n) is 15.4. The molecule has 0 aliphatic rings. The highest BCUT2D eigenvalue weighted by atomic mass is 31.0. The fourth-order valence-electron chi connectivity index (χ4n) is 3.58. The Morgan fingerprint density at radius 2 is 1.21 bits per heavy atom. The SMILES string of the molecule is CCCCc1ccccc1C(CCP)c1ccccc1CCCC.